The molecule has 3 atom stereocenters. The lowest BCUT2D eigenvalue weighted by Gasteiger charge is -2.23. The number of aromatic nitrogens is 4. The Morgan fingerprint density at radius 2 is 1.19 bits per heavy atom. The Morgan fingerprint density at radius 3 is 1.61 bits per heavy atom. The van der Waals surface area contributed by atoms with Crippen molar-refractivity contribution >= 4 is 32.7 Å². The molecule has 0 saturated heterocycles. The van der Waals surface area contributed by atoms with Crippen LogP contribution in [0, 0.1) is 13.8 Å². The molecule has 198 valence electrons. The molecule has 0 bridgehead atoms. The number of rotatable bonds is 11. The third kappa shape index (κ3) is 7.37. The number of ether oxygens (including phenoxy) is 2. The first-order valence-corrected chi connectivity index (χ1v) is 14.8. The molecule has 2 aromatic carbocycles. The Balaban J connectivity index is 2.12. The van der Waals surface area contributed by atoms with E-state index < -0.39 is 30.7 Å². The summed E-state index contributed by atoms with van der Waals surface area (Å²) < 4.78 is 38.2. The van der Waals surface area contributed by atoms with Gasteiger partial charge in [-0.2, -0.15) is 9.35 Å². The van der Waals surface area contributed by atoms with Crippen molar-refractivity contribution in [2.24, 2.45) is 0 Å². The molecule has 0 radical (unpaired) electrons. The summed E-state index contributed by atoms with van der Waals surface area (Å²) in [5, 5.41) is 0. The van der Waals surface area contributed by atoms with Gasteiger partial charge in [0.25, 0.3) is 0 Å². The van der Waals surface area contributed by atoms with Crippen molar-refractivity contribution < 1.29 is 37.6 Å². The van der Waals surface area contributed by atoms with Crippen LogP contribution in [-0.4, -0.2) is 59.3 Å². The summed E-state index contributed by atoms with van der Waals surface area (Å²) >= 11 is 0. The van der Waals surface area contributed by atoms with E-state index in [1.807, 2.05) is 62.4 Å². The summed E-state index contributed by atoms with van der Waals surface area (Å²) in [6, 6.07) is 15.1. The lowest BCUT2D eigenvalue weighted by Crippen LogP contribution is -2.35. The minimum absolute atomic E-state index is 0.347. The lowest BCUT2D eigenvalue weighted by molar-refractivity contribution is -0.188. The Hall–Kier alpha value is -1.80. The van der Waals surface area contributed by atoms with E-state index in [0.717, 1.165) is 11.1 Å². The van der Waals surface area contributed by atoms with Crippen LogP contribution in [0.4, 0.5) is 0 Å². The van der Waals surface area contributed by atoms with E-state index in [-0.39, 0.29) is 0 Å². The van der Waals surface area contributed by atoms with Crippen LogP contribution in [0.5, 0.6) is 11.5 Å². The molecule has 0 aliphatic carbocycles. The van der Waals surface area contributed by atoms with E-state index in [4.69, 9.17) is 37.6 Å². The first-order valence-electron chi connectivity index (χ1n) is 10.5. The predicted molar refractivity (Wildman–Crippen MR) is 141 cm³/mol. The second-order valence-electron chi connectivity index (χ2n) is 6.86. The fourth-order valence-corrected chi connectivity index (χ4v) is 9.95. The first kappa shape index (κ1) is 28.8. The van der Waals surface area contributed by atoms with Crippen LogP contribution in [0.25, 0.3) is 0 Å². The molecule has 0 fully saturated rings. The summed E-state index contributed by atoms with van der Waals surface area (Å²) in [6.07, 6.45) is 0. The topological polar surface area (TPSA) is 102 Å². The predicted octanol–water partition coefficient (Wildman–Crippen LogP) is 4.05. The van der Waals surface area contributed by atoms with Gasteiger partial charge in [0.1, 0.15) is 11.5 Å². The van der Waals surface area contributed by atoms with Crippen molar-refractivity contribution in [1.29, 1.82) is 0 Å². The maximum atomic E-state index is 6.20. The zero-order valence-corrected chi connectivity index (χ0v) is 24.6. The molecule has 0 N–H and O–H groups in total. The van der Waals surface area contributed by atoms with Gasteiger partial charge < -0.3 is 23.0 Å². The molecule has 12 nitrogen and oxygen atoms in total. The third-order valence-electron chi connectivity index (χ3n) is 4.43. The molecule has 1 aromatic heterocycles. The summed E-state index contributed by atoms with van der Waals surface area (Å²) in [5.41, 5.74) is 2.20. The highest BCUT2D eigenvalue weighted by Gasteiger charge is 2.21. The van der Waals surface area contributed by atoms with E-state index in [2.05, 4.69) is 4.51 Å². The van der Waals surface area contributed by atoms with E-state index in [1.54, 1.807) is 0 Å². The number of benzene rings is 2. The van der Waals surface area contributed by atoms with Crippen molar-refractivity contribution in [2.75, 3.05) is 35.5 Å². The minimum atomic E-state index is -1.74. The molecule has 0 aliphatic heterocycles. The van der Waals surface area contributed by atoms with Gasteiger partial charge in [-0.3, -0.25) is 9.68 Å². The number of hydrogen-bond donors (Lipinski definition) is 0. The van der Waals surface area contributed by atoms with Crippen LogP contribution in [0.1, 0.15) is 11.1 Å². The molecule has 0 spiro atoms. The molecule has 3 aromatic rings. The molecule has 0 saturated carbocycles. The second kappa shape index (κ2) is 14.2. The second-order valence-corrected chi connectivity index (χ2v) is 13.5. The Morgan fingerprint density at radius 1 is 0.694 bits per heavy atom. The van der Waals surface area contributed by atoms with Crippen LogP contribution >= 0.6 is 32.7 Å². The van der Waals surface area contributed by atoms with Gasteiger partial charge in [-0.05, 0) is 38.1 Å². The van der Waals surface area contributed by atoms with Crippen LogP contribution < -0.4 is 37.6 Å². The highest BCUT2D eigenvalue weighted by Crippen LogP contribution is 2.38. The van der Waals surface area contributed by atoms with Crippen molar-refractivity contribution in [2.45, 2.75) is 20.3 Å². The highest BCUT2D eigenvalue weighted by molar-refractivity contribution is 7.57. The molecule has 3 rings (SSSR count). The molecular weight excluding hydrogens is 548 g/mol. The summed E-state index contributed by atoms with van der Waals surface area (Å²) in [5.74, 6) is 1.13. The number of hydrogen-bond acceptors (Lipinski definition) is 9. The molecule has 3 unspecified atom stereocenters. The van der Waals surface area contributed by atoms with Crippen LogP contribution in [0.2, 0.25) is 0 Å². The number of aryl methyl sites for hydroxylation is 2. The third-order valence-corrected chi connectivity index (χ3v) is 11.3. The van der Waals surface area contributed by atoms with Gasteiger partial charge in [-0.15, -0.1) is 12.8 Å². The first-order chi connectivity index (χ1) is 17.4. The van der Waals surface area contributed by atoms with Gasteiger partial charge in [-0.1, -0.05) is 35.4 Å². The fourth-order valence-electron chi connectivity index (χ4n) is 2.73. The number of nitrogens with zero attached hydrogens (tertiary/aromatic N) is 4. The van der Waals surface area contributed by atoms with Crippen molar-refractivity contribution in [3.8, 4) is 11.5 Å². The molecule has 36 heavy (non-hydrogen) atoms. The quantitative estimate of drug-likeness (QED) is 0.312. The van der Waals surface area contributed by atoms with Gasteiger partial charge in [0.15, 0.2) is 8.51 Å². The maximum Gasteiger partial charge on any atom is 0.383 e. The van der Waals surface area contributed by atoms with Gasteiger partial charge in [0.05, 0.1) is 14.2 Å². The Labute approximate surface area is 214 Å². The molecule has 16 heteroatoms. The van der Waals surface area contributed by atoms with Crippen LogP contribution in [0.3, 0.4) is 0 Å². The monoisotopic (exact) mass is 578 g/mol. The lowest BCUT2D eigenvalue weighted by atomic mass is 10.2. The normalized spacial score (nSPS) is 12.7. The van der Waals surface area contributed by atoms with Gasteiger partial charge in [0, 0.05) is 21.3 Å². The summed E-state index contributed by atoms with van der Waals surface area (Å²) in [7, 11) is 2.98. The smallest absolute Gasteiger partial charge is 0.383 e. The van der Waals surface area contributed by atoms with Crippen molar-refractivity contribution in [3.63, 3.8) is 0 Å². The maximum absolute atomic E-state index is 6.20. The van der Waals surface area contributed by atoms with Crippen LogP contribution in [0.15, 0.2) is 48.5 Å². The van der Waals surface area contributed by atoms with E-state index in [9.17, 15) is 0 Å². The van der Waals surface area contributed by atoms with Gasteiger partial charge in [0.2, 0.25) is 24.2 Å². The van der Waals surface area contributed by atoms with Crippen molar-refractivity contribution in [3.05, 3.63) is 59.7 Å². The molecular formula is C20H30N4O8P4. The minimum Gasteiger partial charge on any atom is -0.431 e. The highest BCUT2D eigenvalue weighted by atomic mass is 31.2. The Kier molecular flexibility index (Phi) is 11.4. The average molecular weight is 578 g/mol. The zero-order valence-electron chi connectivity index (χ0n) is 21.0. The standard InChI is InChI=1S/C20H30N4O8P4/c1-16-8-12-18(13-9-16)30-20(31-19-14-10-17(2)11-15-19)32-22-33-21-34(27-5)23(25-3)36(29-7)24(26-4)35(22)28-6/h8-15,20H,1-7H3. The summed E-state index contributed by atoms with van der Waals surface area (Å²) in [6.45, 7) is 2.81. The van der Waals surface area contributed by atoms with Gasteiger partial charge in [-0.25, -0.2) is 0 Å². The van der Waals surface area contributed by atoms with E-state index >= 15 is 0 Å². The molecule has 0 aliphatic rings. The van der Waals surface area contributed by atoms with Gasteiger partial charge >= 0.3 is 6.48 Å². The Bertz CT molecular complexity index is 1140. The zero-order chi connectivity index (χ0) is 26.1. The van der Waals surface area contributed by atoms with Crippen LogP contribution in [-0.2, 0) is 0 Å². The van der Waals surface area contributed by atoms with Crippen molar-refractivity contribution in [1.82, 2.24) is 17.3 Å². The largest absolute Gasteiger partial charge is 0.431 e. The fraction of sp³-hybridized carbons (Fsp3) is 0.400. The molecule has 1 heterocycles. The molecule has 0 amide bonds. The van der Waals surface area contributed by atoms with E-state index in [1.165, 1.54) is 48.3 Å². The average Bonchev–Trinajstić information content (AvgIpc) is 2.88. The SMILES string of the molecule is COn1p(OC)npn(OC(Oc2ccc(C)cc2)Oc2ccc(C)cc2)p(OC)n(OC)p1OC. The van der Waals surface area contributed by atoms with E-state index in [0.29, 0.717) is 20.0 Å². The summed E-state index contributed by atoms with van der Waals surface area (Å²) in [4.78, 5) is 17.4.